The number of nitrogens with two attached hydrogens (primary N) is 2. The maximum absolute atomic E-state index is 14.7. The van der Waals surface area contributed by atoms with Crippen molar-refractivity contribution >= 4 is 41.2 Å². The van der Waals surface area contributed by atoms with Gasteiger partial charge in [0.25, 0.3) is 5.91 Å². The van der Waals surface area contributed by atoms with Crippen LogP contribution in [-0.4, -0.2) is 149 Å². The number of nitrogen functional groups attached to an aromatic ring is 1. The van der Waals surface area contributed by atoms with Gasteiger partial charge in [-0.05, 0) is 79.3 Å². The first-order valence-corrected chi connectivity index (χ1v) is 24.5. The number of ether oxygens (including phenoxy) is 3. The highest BCUT2D eigenvalue weighted by Gasteiger charge is 2.42. The van der Waals surface area contributed by atoms with E-state index in [4.69, 9.17) is 35.8 Å². The largest absolute Gasteiger partial charge is 0.491 e. The van der Waals surface area contributed by atoms with Gasteiger partial charge in [-0.2, -0.15) is 10.4 Å². The van der Waals surface area contributed by atoms with Crippen LogP contribution in [0.2, 0.25) is 0 Å². The van der Waals surface area contributed by atoms with Crippen LogP contribution in [0.15, 0.2) is 42.6 Å². The molecule has 3 aliphatic heterocycles. The minimum Gasteiger partial charge on any atom is -0.491 e. The third-order valence-electron chi connectivity index (χ3n) is 13.6. The number of primary amides is 1. The van der Waals surface area contributed by atoms with E-state index in [0.717, 1.165) is 17.5 Å². The lowest BCUT2D eigenvalue weighted by Gasteiger charge is -2.40. The van der Waals surface area contributed by atoms with Crippen molar-refractivity contribution in [2.75, 3.05) is 77.9 Å². The molecule has 73 heavy (non-hydrogen) atoms. The molecule has 21 nitrogen and oxygen atoms in total. The average molecular weight is 1010 g/mol. The summed E-state index contributed by atoms with van der Waals surface area (Å²) in [6, 6.07) is 9.19. The number of hydrogen-bond acceptors (Lipinski definition) is 15. The summed E-state index contributed by atoms with van der Waals surface area (Å²) in [6.07, 6.45) is 3.20. The van der Waals surface area contributed by atoms with E-state index < -0.39 is 41.2 Å². The van der Waals surface area contributed by atoms with Crippen LogP contribution in [0.1, 0.15) is 91.4 Å². The second-order valence-corrected chi connectivity index (χ2v) is 19.7. The van der Waals surface area contributed by atoms with E-state index in [9.17, 15) is 33.6 Å². The Morgan fingerprint density at radius 1 is 1.04 bits per heavy atom. The number of hydrogen-bond donors (Lipinski definition) is 4. The first kappa shape index (κ1) is 53.6. The molecule has 0 unspecified atom stereocenters. The smallest absolute Gasteiger partial charge is 0.254 e. The Bertz CT molecular complexity index is 2760. The number of nitriles is 1. The van der Waals surface area contributed by atoms with Crippen molar-refractivity contribution in [1.29, 1.82) is 5.26 Å². The van der Waals surface area contributed by atoms with Gasteiger partial charge in [-0.15, -0.1) is 0 Å². The third-order valence-corrected chi connectivity index (χ3v) is 13.6. The van der Waals surface area contributed by atoms with Gasteiger partial charge in [0.2, 0.25) is 23.6 Å². The highest BCUT2D eigenvalue weighted by molar-refractivity contribution is 5.96. The summed E-state index contributed by atoms with van der Waals surface area (Å²) < 4.78 is 33.6. The molecule has 5 heterocycles. The molecule has 1 fully saturated rings. The molecule has 0 radical (unpaired) electrons. The molecule has 2 bridgehead atoms. The Balaban J connectivity index is 0.882. The predicted molar refractivity (Wildman–Crippen MR) is 267 cm³/mol. The Kier molecular flexibility index (Phi) is 17.0. The molecule has 2 aromatic carbocycles. The highest BCUT2D eigenvalue weighted by atomic mass is 19.1. The second kappa shape index (κ2) is 23.1. The molecule has 2 aromatic heterocycles. The molecule has 0 saturated carbocycles. The lowest BCUT2D eigenvalue weighted by atomic mass is 9.84. The van der Waals surface area contributed by atoms with E-state index in [1.54, 1.807) is 34.1 Å². The van der Waals surface area contributed by atoms with E-state index in [-0.39, 0.29) is 107 Å². The van der Waals surface area contributed by atoms with Crippen LogP contribution in [0.5, 0.6) is 5.75 Å². The zero-order valence-electron chi connectivity index (χ0n) is 42.6. The number of benzene rings is 2. The van der Waals surface area contributed by atoms with Gasteiger partial charge >= 0.3 is 0 Å². The molecule has 6 N–H and O–H groups in total. The summed E-state index contributed by atoms with van der Waals surface area (Å²) in [5.41, 5.74) is 15.4. The maximum atomic E-state index is 14.7. The summed E-state index contributed by atoms with van der Waals surface area (Å²) >= 11 is 0. The van der Waals surface area contributed by atoms with E-state index in [2.05, 4.69) is 21.7 Å². The van der Waals surface area contributed by atoms with Crippen molar-refractivity contribution in [2.45, 2.75) is 97.2 Å². The van der Waals surface area contributed by atoms with E-state index in [1.807, 2.05) is 37.8 Å². The van der Waals surface area contributed by atoms with Crippen molar-refractivity contribution < 1.29 is 42.6 Å². The second-order valence-electron chi connectivity index (χ2n) is 19.7. The van der Waals surface area contributed by atoms with Crippen molar-refractivity contribution in [3.8, 4) is 23.1 Å². The summed E-state index contributed by atoms with van der Waals surface area (Å²) in [5.74, 6) is -1.26. The standard InChI is InChI=1S/C51H66FN13O8/c1-30(56-5)48(68)59-44(51(2,3)4)50(70)64-28-32-23-34(12-10-31(32)24-40(64)46(55)67)73-22-21-72-20-19-71-18-14-42(66)61(6)16-17-65-41(26-53)43-37-27-57-45(54)47(58-37)63-15-8-9-39(63)36-25-33(52)11-13-35(36)49(69)62(7)29-38(43)60-65/h10-13,23,25,27,30,39-40,44,56H,8-9,14-22,24,28-29H2,1-7H3,(H2,54,57)(H2,55,67)(H,59,68)/t30-,39+,40-,44+/m0/s1. The van der Waals surface area contributed by atoms with Crippen LogP contribution in [0.3, 0.4) is 0 Å². The Morgan fingerprint density at radius 3 is 2.49 bits per heavy atom. The minimum absolute atomic E-state index is 0.00471. The van der Waals surface area contributed by atoms with Gasteiger partial charge in [-0.25, -0.2) is 14.4 Å². The zero-order valence-corrected chi connectivity index (χ0v) is 42.6. The highest BCUT2D eigenvalue weighted by Crippen LogP contribution is 2.41. The Labute approximate surface area is 424 Å². The number of aromatic nitrogens is 4. The monoisotopic (exact) mass is 1010 g/mol. The Hall–Kier alpha value is -7.22. The van der Waals surface area contributed by atoms with E-state index >= 15 is 0 Å². The molecular formula is C51H66FN13O8. The lowest BCUT2D eigenvalue weighted by Crippen LogP contribution is -2.61. The topological polar surface area (TPSA) is 269 Å². The molecule has 1 saturated heterocycles. The average Bonchev–Trinajstić information content (AvgIpc) is 3.99. The number of fused-ring (bicyclic) bond motifs is 9. The number of halogens is 1. The number of carbonyl (C=O) groups excluding carboxylic acids is 5. The van der Waals surface area contributed by atoms with Crippen LogP contribution in [-0.2, 0) is 54.7 Å². The maximum Gasteiger partial charge on any atom is 0.254 e. The van der Waals surface area contributed by atoms with Gasteiger partial charge in [-0.1, -0.05) is 26.8 Å². The quantitative estimate of drug-likeness (QED) is 0.104. The van der Waals surface area contributed by atoms with Gasteiger partial charge in [0.05, 0.1) is 81.2 Å². The van der Waals surface area contributed by atoms with E-state index in [1.165, 1.54) is 43.8 Å². The van der Waals surface area contributed by atoms with Crippen LogP contribution >= 0.6 is 0 Å². The fourth-order valence-electron chi connectivity index (χ4n) is 9.35. The van der Waals surface area contributed by atoms with Crippen molar-refractivity contribution in [2.24, 2.45) is 11.1 Å². The van der Waals surface area contributed by atoms with Gasteiger partial charge in [0, 0.05) is 45.7 Å². The fraction of sp³-hybridized carbons (Fsp3) is 0.510. The van der Waals surface area contributed by atoms with Crippen molar-refractivity contribution in [3.05, 3.63) is 82.1 Å². The molecular weight excluding hydrogens is 942 g/mol. The molecule has 390 valence electrons. The molecule has 22 heteroatoms. The molecule has 5 amide bonds. The summed E-state index contributed by atoms with van der Waals surface area (Å²) in [4.78, 5) is 82.4. The number of nitrogens with one attached hydrogen (secondary N) is 2. The number of rotatable bonds is 18. The SMILES string of the molecule is CN[C@@H](C)C(=O)N[C@H](C(=O)N1Cc2cc(OCCOCCOCCC(=O)N(C)CCn3nc4c(c3C#N)-c3cnc(N)c(n3)N3CCC[C@@H]3c3cc(F)ccc3C(=O)N(C)C4)ccc2C[C@H]1C(N)=O)C(C)(C)C. The number of carbonyl (C=O) groups is 5. The molecule has 4 atom stereocenters. The third kappa shape index (κ3) is 12.2. The van der Waals surface area contributed by atoms with Crippen molar-refractivity contribution in [1.82, 2.24) is 45.1 Å². The number of amides is 5. The Morgan fingerprint density at radius 2 is 1.78 bits per heavy atom. The number of anilines is 2. The fourth-order valence-corrected chi connectivity index (χ4v) is 9.35. The molecule has 4 aromatic rings. The first-order valence-electron chi connectivity index (χ1n) is 24.5. The van der Waals surface area contributed by atoms with Crippen LogP contribution in [0, 0.1) is 22.6 Å². The molecule has 7 rings (SSSR count). The van der Waals surface area contributed by atoms with Crippen LogP contribution in [0.25, 0.3) is 11.3 Å². The van der Waals surface area contributed by atoms with Crippen LogP contribution in [0.4, 0.5) is 16.0 Å². The zero-order chi connectivity index (χ0) is 52.7. The lowest BCUT2D eigenvalue weighted by molar-refractivity contribution is -0.146. The summed E-state index contributed by atoms with van der Waals surface area (Å²) in [7, 11) is 4.94. The molecule has 0 aliphatic carbocycles. The summed E-state index contributed by atoms with van der Waals surface area (Å²) in [5, 5.41) is 21.0. The minimum atomic E-state index is -0.908. The normalized spacial score (nSPS) is 17.2. The van der Waals surface area contributed by atoms with Crippen molar-refractivity contribution in [3.63, 3.8) is 0 Å². The molecule has 3 aliphatic rings. The van der Waals surface area contributed by atoms with Gasteiger partial charge in [0.15, 0.2) is 11.6 Å². The van der Waals surface area contributed by atoms with Gasteiger partial charge < -0.3 is 55.9 Å². The predicted octanol–water partition coefficient (Wildman–Crippen LogP) is 2.70. The number of nitrogens with zero attached hydrogens (tertiary/aromatic N) is 9. The van der Waals surface area contributed by atoms with E-state index in [0.29, 0.717) is 52.6 Å². The first-order chi connectivity index (χ1) is 34.8. The summed E-state index contributed by atoms with van der Waals surface area (Å²) in [6.45, 7) is 9.40. The number of likely N-dealkylation sites (N-methyl/N-ethyl adjacent to an activating group) is 2. The van der Waals surface area contributed by atoms with Crippen LogP contribution < -0.4 is 31.7 Å². The van der Waals surface area contributed by atoms with Gasteiger partial charge in [0.1, 0.15) is 42.0 Å². The molecule has 0 spiro atoms. The van der Waals surface area contributed by atoms with Gasteiger partial charge in [-0.3, -0.25) is 28.7 Å².